The molecule has 8 heteroatoms. The summed E-state index contributed by atoms with van der Waals surface area (Å²) in [6.45, 7) is 3.49. The Bertz CT molecular complexity index is 559. The van der Waals surface area contributed by atoms with Crippen LogP contribution in [-0.4, -0.2) is 32.7 Å². The van der Waals surface area contributed by atoms with Crippen LogP contribution in [0.15, 0.2) is 29.2 Å². The smallest absolute Gasteiger partial charge is 0.224 e. The first-order valence-electron chi connectivity index (χ1n) is 6.25. The van der Waals surface area contributed by atoms with Gasteiger partial charge in [0.1, 0.15) is 0 Å². The number of sulfone groups is 1. The first kappa shape index (κ1) is 20.2. The molecule has 1 aromatic rings. The fraction of sp³-hybridized carbons (Fsp3) is 0.462. The van der Waals surface area contributed by atoms with Crippen molar-refractivity contribution in [2.75, 3.05) is 12.3 Å². The van der Waals surface area contributed by atoms with Gasteiger partial charge in [-0.15, -0.1) is 12.4 Å². The second-order valence-electron chi connectivity index (χ2n) is 4.71. The highest BCUT2D eigenvalue weighted by Gasteiger charge is 2.18. The molecular formula is C13H20Cl2N2O3S. The summed E-state index contributed by atoms with van der Waals surface area (Å²) in [5.74, 6) is -0.758. The third kappa shape index (κ3) is 6.22. The first-order chi connectivity index (χ1) is 9.24. The molecule has 1 amide bonds. The van der Waals surface area contributed by atoms with Crippen molar-refractivity contribution in [3.8, 4) is 0 Å². The molecule has 0 heterocycles. The second kappa shape index (κ2) is 8.58. The normalized spacial score (nSPS) is 13.9. The molecule has 21 heavy (non-hydrogen) atoms. The molecule has 1 aromatic carbocycles. The Morgan fingerprint density at radius 2 is 1.81 bits per heavy atom. The highest BCUT2D eigenvalue weighted by Crippen LogP contribution is 2.15. The predicted octanol–water partition coefficient (Wildman–Crippen LogP) is 1.64. The maximum atomic E-state index is 12.0. The molecule has 0 saturated heterocycles. The number of benzene rings is 1. The van der Waals surface area contributed by atoms with E-state index in [9.17, 15) is 13.2 Å². The number of rotatable bonds is 6. The lowest BCUT2D eigenvalue weighted by atomic mass is 10.0. The molecule has 0 radical (unpaired) electrons. The van der Waals surface area contributed by atoms with Crippen LogP contribution in [0, 0.1) is 5.92 Å². The Labute approximate surface area is 136 Å². The summed E-state index contributed by atoms with van der Waals surface area (Å²) in [4.78, 5) is 11.8. The maximum Gasteiger partial charge on any atom is 0.224 e. The molecule has 2 atom stereocenters. The minimum Gasteiger partial charge on any atom is -0.355 e. The van der Waals surface area contributed by atoms with Gasteiger partial charge in [0.05, 0.1) is 10.6 Å². The number of carbonyl (C=O) groups is 1. The van der Waals surface area contributed by atoms with Crippen LogP contribution in [0.2, 0.25) is 5.02 Å². The van der Waals surface area contributed by atoms with Gasteiger partial charge in [-0.3, -0.25) is 4.79 Å². The van der Waals surface area contributed by atoms with E-state index in [0.717, 1.165) is 0 Å². The van der Waals surface area contributed by atoms with Crippen LogP contribution in [0.1, 0.15) is 13.8 Å². The number of hydrogen-bond donors (Lipinski definition) is 2. The summed E-state index contributed by atoms with van der Waals surface area (Å²) >= 11 is 5.71. The van der Waals surface area contributed by atoms with Gasteiger partial charge in [0.25, 0.3) is 0 Å². The highest BCUT2D eigenvalue weighted by atomic mass is 35.5. The van der Waals surface area contributed by atoms with Crippen molar-refractivity contribution < 1.29 is 13.2 Å². The van der Waals surface area contributed by atoms with Crippen molar-refractivity contribution in [3.63, 3.8) is 0 Å². The summed E-state index contributed by atoms with van der Waals surface area (Å²) in [5, 5.41) is 3.05. The minimum absolute atomic E-state index is 0. The van der Waals surface area contributed by atoms with Gasteiger partial charge < -0.3 is 11.1 Å². The van der Waals surface area contributed by atoms with Gasteiger partial charge in [-0.2, -0.15) is 0 Å². The van der Waals surface area contributed by atoms with Crippen LogP contribution in [0.25, 0.3) is 0 Å². The van der Waals surface area contributed by atoms with Crippen molar-refractivity contribution in [1.29, 1.82) is 0 Å². The SMILES string of the molecule is CC(N)C(C)C(=O)NCCS(=O)(=O)c1ccc(Cl)cc1.Cl. The summed E-state index contributed by atoms with van der Waals surface area (Å²) in [6.07, 6.45) is 0. The number of halogens is 2. The van der Waals surface area contributed by atoms with Gasteiger partial charge in [0.15, 0.2) is 9.84 Å². The molecule has 5 nitrogen and oxygen atoms in total. The molecule has 0 aromatic heterocycles. The van der Waals surface area contributed by atoms with Gasteiger partial charge in [0.2, 0.25) is 5.91 Å². The molecule has 120 valence electrons. The molecule has 0 aliphatic rings. The molecule has 0 aliphatic carbocycles. The molecule has 0 saturated carbocycles. The van der Waals surface area contributed by atoms with E-state index in [-0.39, 0.29) is 47.5 Å². The van der Waals surface area contributed by atoms with E-state index in [1.807, 2.05) is 0 Å². The Hall–Kier alpha value is -0.820. The molecule has 3 N–H and O–H groups in total. The zero-order chi connectivity index (χ0) is 15.3. The number of nitrogens with one attached hydrogen (secondary N) is 1. The Morgan fingerprint density at radius 3 is 2.29 bits per heavy atom. The highest BCUT2D eigenvalue weighted by molar-refractivity contribution is 7.91. The molecule has 0 spiro atoms. The predicted molar refractivity (Wildman–Crippen MR) is 86.6 cm³/mol. The van der Waals surface area contributed by atoms with Gasteiger partial charge >= 0.3 is 0 Å². The zero-order valence-corrected chi connectivity index (χ0v) is 14.3. The first-order valence-corrected chi connectivity index (χ1v) is 8.28. The van der Waals surface area contributed by atoms with Crippen LogP contribution in [0.5, 0.6) is 0 Å². The number of carbonyl (C=O) groups excluding carboxylic acids is 1. The number of amides is 1. The standard InChI is InChI=1S/C13H19ClN2O3S.ClH/c1-9(10(2)15)13(17)16-7-8-20(18,19)12-5-3-11(14)4-6-12;/h3-6,9-10H,7-8,15H2,1-2H3,(H,16,17);1H. The second-order valence-corrected chi connectivity index (χ2v) is 7.26. The largest absolute Gasteiger partial charge is 0.355 e. The Balaban J connectivity index is 0.00000400. The monoisotopic (exact) mass is 354 g/mol. The van der Waals surface area contributed by atoms with E-state index < -0.39 is 9.84 Å². The topological polar surface area (TPSA) is 89.3 Å². The molecule has 1 rings (SSSR count). The lowest BCUT2D eigenvalue weighted by molar-refractivity contribution is -0.124. The van der Waals surface area contributed by atoms with Crippen molar-refractivity contribution in [2.45, 2.75) is 24.8 Å². The third-order valence-corrected chi connectivity index (χ3v) is 5.03. The van der Waals surface area contributed by atoms with E-state index >= 15 is 0 Å². The number of nitrogens with two attached hydrogens (primary N) is 1. The minimum atomic E-state index is -3.42. The lowest BCUT2D eigenvalue weighted by Gasteiger charge is -2.15. The third-order valence-electron chi connectivity index (χ3n) is 3.05. The van der Waals surface area contributed by atoms with Crippen molar-refractivity contribution >= 4 is 39.8 Å². The molecule has 2 unspecified atom stereocenters. The van der Waals surface area contributed by atoms with E-state index in [0.29, 0.717) is 5.02 Å². The van der Waals surface area contributed by atoms with Crippen molar-refractivity contribution in [3.05, 3.63) is 29.3 Å². The Kier molecular flexibility index (Phi) is 8.25. The van der Waals surface area contributed by atoms with Gasteiger partial charge in [-0.05, 0) is 31.2 Å². The summed E-state index contributed by atoms with van der Waals surface area (Å²) in [6, 6.07) is 5.66. The zero-order valence-electron chi connectivity index (χ0n) is 11.9. The Morgan fingerprint density at radius 1 is 1.29 bits per heavy atom. The van der Waals surface area contributed by atoms with Crippen LogP contribution in [0.4, 0.5) is 0 Å². The van der Waals surface area contributed by atoms with E-state index in [2.05, 4.69) is 5.32 Å². The summed E-state index contributed by atoms with van der Waals surface area (Å²) in [5.41, 5.74) is 5.61. The van der Waals surface area contributed by atoms with E-state index in [1.165, 1.54) is 24.3 Å². The molecular weight excluding hydrogens is 335 g/mol. The summed E-state index contributed by atoms with van der Waals surface area (Å²) < 4.78 is 24.0. The van der Waals surface area contributed by atoms with Crippen LogP contribution in [0.3, 0.4) is 0 Å². The van der Waals surface area contributed by atoms with Crippen LogP contribution >= 0.6 is 24.0 Å². The molecule has 0 fully saturated rings. The van der Waals surface area contributed by atoms with Crippen molar-refractivity contribution in [1.82, 2.24) is 5.32 Å². The maximum absolute atomic E-state index is 12.0. The van der Waals surface area contributed by atoms with Gasteiger partial charge in [-0.25, -0.2) is 8.42 Å². The van der Waals surface area contributed by atoms with Gasteiger partial charge in [-0.1, -0.05) is 18.5 Å². The fourth-order valence-electron chi connectivity index (χ4n) is 1.47. The van der Waals surface area contributed by atoms with E-state index in [4.69, 9.17) is 17.3 Å². The lowest BCUT2D eigenvalue weighted by Crippen LogP contribution is -2.40. The fourth-order valence-corrected chi connectivity index (χ4v) is 2.75. The average molecular weight is 355 g/mol. The quantitative estimate of drug-likeness (QED) is 0.812. The van der Waals surface area contributed by atoms with Crippen LogP contribution in [-0.2, 0) is 14.6 Å². The van der Waals surface area contributed by atoms with Crippen molar-refractivity contribution in [2.24, 2.45) is 11.7 Å². The van der Waals surface area contributed by atoms with E-state index in [1.54, 1.807) is 13.8 Å². The molecule has 0 aliphatic heterocycles. The van der Waals surface area contributed by atoms with Gasteiger partial charge in [0, 0.05) is 23.5 Å². The number of hydrogen-bond acceptors (Lipinski definition) is 4. The summed E-state index contributed by atoms with van der Waals surface area (Å²) in [7, 11) is -3.42. The average Bonchev–Trinajstić information content (AvgIpc) is 2.37. The van der Waals surface area contributed by atoms with Crippen LogP contribution < -0.4 is 11.1 Å². The molecule has 0 bridgehead atoms.